The van der Waals surface area contributed by atoms with Crippen molar-refractivity contribution in [2.75, 3.05) is 18.0 Å². The fourth-order valence-corrected chi connectivity index (χ4v) is 4.17. The number of para-hydroxylation sites is 1. The van der Waals surface area contributed by atoms with Crippen LogP contribution in [0.25, 0.3) is 11.0 Å². The van der Waals surface area contributed by atoms with Gasteiger partial charge in [-0.1, -0.05) is 17.0 Å². The maximum Gasteiger partial charge on any atom is 0.336 e. The first-order valence-electron chi connectivity index (χ1n) is 9.45. The SMILES string of the molecule is CCN(CC)c1ccc2c(CONS(=O)(=O)c3ccccc3[N+](=O)[O-])cc(=O)oc2c1. The third-order valence-corrected chi connectivity index (χ3v) is 5.95. The molecule has 0 fully saturated rings. The number of hydrogen-bond acceptors (Lipinski definition) is 8. The second-order valence-corrected chi connectivity index (χ2v) is 8.16. The Labute approximate surface area is 178 Å². The van der Waals surface area contributed by atoms with E-state index in [0.717, 1.165) is 30.9 Å². The van der Waals surface area contributed by atoms with Crippen molar-refractivity contribution in [3.8, 4) is 0 Å². The molecule has 0 atom stereocenters. The number of nitrogens with zero attached hydrogens (tertiary/aromatic N) is 2. The summed E-state index contributed by atoms with van der Waals surface area (Å²) >= 11 is 0. The Morgan fingerprint density at radius 3 is 2.52 bits per heavy atom. The molecule has 0 aliphatic carbocycles. The van der Waals surface area contributed by atoms with E-state index < -0.39 is 31.2 Å². The number of rotatable bonds is 9. The minimum absolute atomic E-state index is 0.285. The van der Waals surface area contributed by atoms with Crippen molar-refractivity contribution in [3.05, 3.63) is 74.6 Å². The Balaban J connectivity index is 1.84. The number of nitrogens with one attached hydrogen (secondary N) is 1. The molecule has 1 heterocycles. The quantitative estimate of drug-likeness (QED) is 0.301. The fourth-order valence-electron chi connectivity index (χ4n) is 3.19. The first-order chi connectivity index (χ1) is 14.8. The number of fused-ring (bicyclic) bond motifs is 1. The van der Waals surface area contributed by atoms with Crippen molar-refractivity contribution >= 4 is 32.4 Å². The summed E-state index contributed by atoms with van der Waals surface area (Å²) in [7, 11) is -4.32. The molecule has 0 amide bonds. The zero-order valence-corrected chi connectivity index (χ0v) is 17.7. The summed E-state index contributed by atoms with van der Waals surface area (Å²) in [6, 6.07) is 11.5. The van der Waals surface area contributed by atoms with Crippen LogP contribution in [0.5, 0.6) is 0 Å². The lowest BCUT2D eigenvalue weighted by Crippen LogP contribution is -2.25. The van der Waals surface area contributed by atoms with Crippen LogP contribution in [-0.2, 0) is 21.5 Å². The topological polar surface area (TPSA) is 132 Å². The van der Waals surface area contributed by atoms with E-state index in [1.807, 2.05) is 24.8 Å². The van der Waals surface area contributed by atoms with Gasteiger partial charge in [-0.25, -0.2) is 13.2 Å². The van der Waals surface area contributed by atoms with Crippen LogP contribution in [-0.4, -0.2) is 26.4 Å². The summed E-state index contributed by atoms with van der Waals surface area (Å²) in [6.07, 6.45) is 0. The largest absolute Gasteiger partial charge is 0.423 e. The van der Waals surface area contributed by atoms with E-state index in [1.165, 1.54) is 18.2 Å². The van der Waals surface area contributed by atoms with E-state index in [0.29, 0.717) is 16.5 Å². The van der Waals surface area contributed by atoms with Crippen molar-refractivity contribution in [1.29, 1.82) is 0 Å². The van der Waals surface area contributed by atoms with E-state index in [2.05, 4.69) is 4.90 Å². The average molecular weight is 447 g/mol. The standard InChI is InChI=1S/C20H21N3O7S/c1-3-22(4-2)15-9-10-16-14(11-20(24)30-18(16)12-15)13-29-21-31(27,28)19-8-6-5-7-17(19)23(25)26/h5-12,21H,3-4,13H2,1-2H3. The van der Waals surface area contributed by atoms with Gasteiger partial charge in [-0.2, -0.15) is 0 Å². The first-order valence-corrected chi connectivity index (χ1v) is 10.9. The maximum absolute atomic E-state index is 12.4. The predicted octanol–water partition coefficient (Wildman–Crippen LogP) is 2.96. The van der Waals surface area contributed by atoms with Gasteiger partial charge in [0.05, 0.1) is 11.5 Å². The van der Waals surface area contributed by atoms with Gasteiger partial charge in [-0.15, -0.1) is 0 Å². The molecule has 1 aromatic heterocycles. The molecule has 3 rings (SSSR count). The fraction of sp³-hybridized carbons (Fsp3) is 0.250. The molecule has 0 radical (unpaired) electrons. The van der Waals surface area contributed by atoms with Gasteiger partial charge in [-0.3, -0.25) is 15.0 Å². The van der Waals surface area contributed by atoms with E-state index in [-0.39, 0.29) is 6.61 Å². The van der Waals surface area contributed by atoms with E-state index >= 15 is 0 Å². The third kappa shape index (κ3) is 4.90. The first kappa shape index (κ1) is 22.4. The number of anilines is 1. The summed E-state index contributed by atoms with van der Waals surface area (Å²) in [5.41, 5.74) is 0.452. The lowest BCUT2D eigenvalue weighted by atomic mass is 10.1. The maximum atomic E-state index is 12.4. The molecule has 0 bridgehead atoms. The Kier molecular flexibility index (Phi) is 6.68. The van der Waals surface area contributed by atoms with Crippen LogP contribution in [0, 0.1) is 10.1 Å². The highest BCUT2D eigenvalue weighted by molar-refractivity contribution is 7.89. The lowest BCUT2D eigenvalue weighted by Gasteiger charge is -2.21. The molecule has 0 aliphatic heterocycles. The molecule has 3 aromatic rings. The van der Waals surface area contributed by atoms with Crippen LogP contribution in [0.15, 0.2) is 62.6 Å². The second kappa shape index (κ2) is 9.25. The van der Waals surface area contributed by atoms with Crippen LogP contribution in [0.3, 0.4) is 0 Å². The van der Waals surface area contributed by atoms with Crippen molar-refractivity contribution < 1.29 is 22.6 Å². The molecule has 0 unspecified atom stereocenters. The summed E-state index contributed by atoms with van der Waals surface area (Å²) in [4.78, 5) is 30.8. The van der Waals surface area contributed by atoms with Gasteiger partial charge in [-0.05, 0) is 37.6 Å². The molecule has 0 saturated heterocycles. The summed E-state index contributed by atoms with van der Waals surface area (Å²) < 4.78 is 30.2. The number of hydrogen-bond donors (Lipinski definition) is 1. The molecule has 1 N–H and O–H groups in total. The smallest absolute Gasteiger partial charge is 0.336 e. The molecule has 0 saturated carbocycles. The highest BCUT2D eigenvalue weighted by Gasteiger charge is 2.25. The molecule has 31 heavy (non-hydrogen) atoms. The number of nitro groups is 1. The molecule has 0 aliphatic rings. The highest BCUT2D eigenvalue weighted by Crippen LogP contribution is 2.25. The molecule has 10 nitrogen and oxygen atoms in total. The van der Waals surface area contributed by atoms with Gasteiger partial charge in [0.2, 0.25) is 0 Å². The minimum Gasteiger partial charge on any atom is -0.423 e. The van der Waals surface area contributed by atoms with Crippen LogP contribution < -0.4 is 15.4 Å². The summed E-state index contributed by atoms with van der Waals surface area (Å²) in [5.74, 6) is 0. The number of nitro benzene ring substituents is 1. The van der Waals surface area contributed by atoms with Gasteiger partial charge >= 0.3 is 5.63 Å². The zero-order valence-electron chi connectivity index (χ0n) is 16.9. The van der Waals surface area contributed by atoms with Crippen molar-refractivity contribution in [3.63, 3.8) is 0 Å². The molecule has 164 valence electrons. The lowest BCUT2D eigenvalue weighted by molar-refractivity contribution is -0.387. The van der Waals surface area contributed by atoms with Crippen molar-refractivity contribution in [1.82, 2.24) is 4.89 Å². The Morgan fingerprint density at radius 1 is 1.13 bits per heavy atom. The Morgan fingerprint density at radius 2 is 1.84 bits per heavy atom. The van der Waals surface area contributed by atoms with Gasteiger partial charge in [0.25, 0.3) is 15.7 Å². The van der Waals surface area contributed by atoms with E-state index in [4.69, 9.17) is 9.25 Å². The van der Waals surface area contributed by atoms with Crippen LogP contribution >= 0.6 is 0 Å². The summed E-state index contributed by atoms with van der Waals surface area (Å²) in [6.45, 7) is 5.30. The Bertz CT molecular complexity index is 1270. The minimum atomic E-state index is -4.32. The van der Waals surface area contributed by atoms with Crippen LogP contribution in [0.4, 0.5) is 11.4 Å². The Hall–Kier alpha value is -3.28. The summed E-state index contributed by atoms with van der Waals surface area (Å²) in [5, 5.41) is 11.7. The van der Waals surface area contributed by atoms with E-state index in [9.17, 15) is 23.3 Å². The van der Waals surface area contributed by atoms with Gasteiger partial charge < -0.3 is 9.32 Å². The number of sulfonamides is 1. The van der Waals surface area contributed by atoms with Crippen LogP contribution in [0.1, 0.15) is 19.4 Å². The van der Waals surface area contributed by atoms with Crippen LogP contribution in [0.2, 0.25) is 0 Å². The molecule has 2 aromatic carbocycles. The second-order valence-electron chi connectivity index (χ2n) is 6.54. The van der Waals surface area contributed by atoms with Gasteiger partial charge in [0.1, 0.15) is 5.58 Å². The predicted molar refractivity (Wildman–Crippen MR) is 114 cm³/mol. The van der Waals surface area contributed by atoms with Gasteiger partial charge in [0, 0.05) is 42.4 Å². The highest BCUT2D eigenvalue weighted by atomic mass is 32.2. The number of benzene rings is 2. The van der Waals surface area contributed by atoms with Crippen molar-refractivity contribution in [2.24, 2.45) is 0 Å². The average Bonchev–Trinajstić information content (AvgIpc) is 2.74. The monoisotopic (exact) mass is 447 g/mol. The molecular weight excluding hydrogens is 426 g/mol. The van der Waals surface area contributed by atoms with E-state index in [1.54, 1.807) is 12.1 Å². The zero-order chi connectivity index (χ0) is 22.6. The van der Waals surface area contributed by atoms with Gasteiger partial charge in [0.15, 0.2) is 4.90 Å². The molecular formula is C20H21N3O7S. The molecule has 11 heteroatoms. The molecule has 0 spiro atoms. The third-order valence-electron chi connectivity index (χ3n) is 4.69. The normalized spacial score (nSPS) is 11.5. The van der Waals surface area contributed by atoms with Crippen molar-refractivity contribution in [2.45, 2.75) is 25.3 Å².